The van der Waals surface area contributed by atoms with Gasteiger partial charge in [-0.05, 0) is 13.0 Å². The zero-order chi connectivity index (χ0) is 13.0. The molecular weight excluding hydrogens is 260 g/mol. The van der Waals surface area contributed by atoms with Crippen molar-refractivity contribution in [2.75, 3.05) is 5.73 Å². The van der Waals surface area contributed by atoms with E-state index < -0.39 is 0 Å². The molecule has 0 unspecified atom stereocenters. The Kier molecular flexibility index (Phi) is 5.27. The number of carbonyl (C=O) groups is 1. The van der Waals surface area contributed by atoms with Crippen LogP contribution in [-0.4, -0.2) is 5.78 Å². The maximum absolute atomic E-state index is 11.9. The molecule has 1 aromatic heterocycles. The summed E-state index contributed by atoms with van der Waals surface area (Å²) < 4.78 is 1.78. The van der Waals surface area contributed by atoms with E-state index in [0.29, 0.717) is 11.3 Å². The summed E-state index contributed by atoms with van der Waals surface area (Å²) in [6.07, 6.45) is 6.86. The summed E-state index contributed by atoms with van der Waals surface area (Å²) in [4.78, 5) is 11.9. The zero-order valence-electron chi connectivity index (χ0n) is 10.6. The van der Waals surface area contributed by atoms with Crippen molar-refractivity contribution in [3.05, 3.63) is 66.0 Å². The molecule has 0 saturated heterocycles. The number of pyridine rings is 1. The Hall–Kier alpha value is -2.13. The second-order valence-corrected chi connectivity index (χ2v) is 4.13. The van der Waals surface area contributed by atoms with Crippen LogP contribution < -0.4 is 22.7 Å². The monoisotopic (exact) mass is 274 g/mol. The Morgan fingerprint density at radius 1 is 1.21 bits per heavy atom. The lowest BCUT2D eigenvalue weighted by atomic mass is 10.1. The van der Waals surface area contributed by atoms with Gasteiger partial charge in [0.1, 0.15) is 0 Å². The van der Waals surface area contributed by atoms with E-state index in [-0.39, 0.29) is 18.2 Å². The third-order valence-electron chi connectivity index (χ3n) is 2.58. The first-order valence-corrected chi connectivity index (χ1v) is 5.70. The number of hydrogen-bond acceptors (Lipinski definition) is 2. The largest absolute Gasteiger partial charge is 1.00 e. The molecule has 0 fully saturated rings. The first kappa shape index (κ1) is 14.9. The number of carbonyl (C=O) groups excluding carboxylic acids is 1. The lowest BCUT2D eigenvalue weighted by Gasteiger charge is -1.96. The second kappa shape index (κ2) is 6.71. The summed E-state index contributed by atoms with van der Waals surface area (Å²) in [5, 5.41) is 0. The third kappa shape index (κ3) is 4.23. The number of aryl methyl sites for hydroxylation is 1. The molecule has 2 rings (SSSR count). The topological polar surface area (TPSA) is 47.0 Å². The van der Waals surface area contributed by atoms with Crippen LogP contribution in [-0.2, 0) is 0 Å². The number of nitrogens with two attached hydrogens (primary N) is 1. The molecule has 0 amide bonds. The summed E-state index contributed by atoms with van der Waals surface area (Å²) in [5.41, 5.74) is 8.06. The normalized spacial score (nSPS) is 10.2. The van der Waals surface area contributed by atoms with Gasteiger partial charge in [0.2, 0.25) is 0 Å². The summed E-state index contributed by atoms with van der Waals surface area (Å²) in [6, 6.07) is 11.1. The first-order valence-electron chi connectivity index (χ1n) is 5.70. The molecule has 3 nitrogen and oxygen atoms in total. The van der Waals surface area contributed by atoms with Gasteiger partial charge in [0, 0.05) is 23.4 Å². The number of nitrogens with zero attached hydrogens (tertiary/aromatic N) is 1. The summed E-state index contributed by atoms with van der Waals surface area (Å²) in [5.74, 6) is -0.0111. The molecule has 4 heteroatoms. The van der Waals surface area contributed by atoms with Crippen LogP contribution in [0.5, 0.6) is 0 Å². The number of rotatable bonds is 3. The fourth-order valence-corrected chi connectivity index (χ4v) is 1.60. The van der Waals surface area contributed by atoms with Crippen LogP contribution in [0.3, 0.4) is 0 Å². The van der Waals surface area contributed by atoms with Gasteiger partial charge in [0.15, 0.2) is 24.4 Å². The summed E-state index contributed by atoms with van der Waals surface area (Å²) in [6.45, 7) is 1.97. The second-order valence-electron chi connectivity index (χ2n) is 4.13. The Morgan fingerprint density at radius 3 is 2.53 bits per heavy atom. The van der Waals surface area contributed by atoms with Gasteiger partial charge in [-0.15, -0.1) is 0 Å². The lowest BCUT2D eigenvalue weighted by molar-refractivity contribution is -0.568. The highest BCUT2D eigenvalue weighted by atomic mass is 35.5. The number of hydrogen-bond donors (Lipinski definition) is 1. The third-order valence-corrected chi connectivity index (χ3v) is 2.58. The van der Waals surface area contributed by atoms with Gasteiger partial charge in [0.25, 0.3) is 0 Å². The van der Waals surface area contributed by atoms with Crippen LogP contribution in [0.25, 0.3) is 6.20 Å². The Bertz CT molecular complexity index is 591. The van der Waals surface area contributed by atoms with Gasteiger partial charge in [-0.25, -0.2) is 0 Å². The Labute approximate surface area is 118 Å². The molecule has 0 saturated carbocycles. The fourth-order valence-electron chi connectivity index (χ4n) is 1.60. The van der Waals surface area contributed by atoms with Crippen molar-refractivity contribution in [1.29, 1.82) is 0 Å². The summed E-state index contributed by atoms with van der Waals surface area (Å²) >= 11 is 0. The van der Waals surface area contributed by atoms with Crippen LogP contribution in [0.4, 0.5) is 5.69 Å². The van der Waals surface area contributed by atoms with Crippen molar-refractivity contribution >= 4 is 17.7 Å². The van der Waals surface area contributed by atoms with E-state index in [4.69, 9.17) is 5.73 Å². The Morgan fingerprint density at radius 2 is 1.89 bits per heavy atom. The van der Waals surface area contributed by atoms with Gasteiger partial charge < -0.3 is 18.1 Å². The SMILES string of the molecule is Cc1cccc(C(=O)/C=C/[n+]2ccc(N)cc2)c1.[Cl-]. The van der Waals surface area contributed by atoms with Crippen molar-refractivity contribution in [2.24, 2.45) is 0 Å². The molecule has 0 aliphatic heterocycles. The standard InChI is InChI=1S/C15H14N2O.ClH/c1-12-3-2-4-13(11-12)15(18)7-10-17-8-5-14(16)6-9-17;/h2-11,16H,1H3;1H/b10-7+;. The lowest BCUT2D eigenvalue weighted by Crippen LogP contribution is -3.00. The van der Waals surface area contributed by atoms with E-state index in [2.05, 4.69) is 0 Å². The van der Waals surface area contributed by atoms with Crippen LogP contribution in [0, 0.1) is 6.92 Å². The maximum Gasteiger partial charge on any atom is 0.191 e. The van der Waals surface area contributed by atoms with Gasteiger partial charge in [-0.1, -0.05) is 23.8 Å². The van der Waals surface area contributed by atoms with E-state index in [1.807, 2.05) is 31.2 Å². The minimum Gasteiger partial charge on any atom is -1.00 e. The zero-order valence-corrected chi connectivity index (χ0v) is 11.3. The Balaban J connectivity index is 0.00000180. The first-order chi connectivity index (χ1) is 8.65. The number of ketones is 1. The molecule has 2 aromatic rings. The van der Waals surface area contributed by atoms with Crippen LogP contribution in [0.15, 0.2) is 54.9 Å². The smallest absolute Gasteiger partial charge is 0.191 e. The van der Waals surface area contributed by atoms with E-state index in [9.17, 15) is 4.79 Å². The van der Waals surface area contributed by atoms with E-state index in [0.717, 1.165) is 5.56 Å². The van der Waals surface area contributed by atoms with Crippen molar-refractivity contribution in [2.45, 2.75) is 6.92 Å². The fraction of sp³-hybridized carbons (Fsp3) is 0.0667. The number of allylic oxidation sites excluding steroid dienone is 1. The van der Waals surface area contributed by atoms with Gasteiger partial charge in [-0.2, -0.15) is 4.57 Å². The number of nitrogen functional groups attached to an aromatic ring is 1. The van der Waals surface area contributed by atoms with E-state index in [1.165, 1.54) is 0 Å². The molecule has 0 radical (unpaired) electrons. The molecule has 2 N–H and O–H groups in total. The van der Waals surface area contributed by atoms with Gasteiger partial charge >= 0.3 is 0 Å². The predicted octanol–water partition coefficient (Wildman–Crippen LogP) is -0.778. The van der Waals surface area contributed by atoms with Crippen molar-refractivity contribution < 1.29 is 21.8 Å². The van der Waals surface area contributed by atoms with Gasteiger partial charge in [-0.3, -0.25) is 4.79 Å². The molecule has 0 aliphatic rings. The summed E-state index contributed by atoms with van der Waals surface area (Å²) in [7, 11) is 0. The quantitative estimate of drug-likeness (QED) is 0.454. The van der Waals surface area contributed by atoms with E-state index in [1.54, 1.807) is 41.4 Å². The molecule has 0 aliphatic carbocycles. The van der Waals surface area contributed by atoms with Crippen molar-refractivity contribution in [3.63, 3.8) is 0 Å². The predicted molar refractivity (Wildman–Crippen MR) is 71.9 cm³/mol. The van der Waals surface area contributed by atoms with E-state index >= 15 is 0 Å². The van der Waals surface area contributed by atoms with Crippen molar-refractivity contribution in [1.82, 2.24) is 0 Å². The minimum absolute atomic E-state index is 0. The van der Waals surface area contributed by atoms with Crippen LogP contribution in [0.1, 0.15) is 15.9 Å². The molecule has 0 bridgehead atoms. The minimum atomic E-state index is -0.0111. The molecular formula is C15H15ClN2O. The maximum atomic E-state index is 11.9. The highest BCUT2D eigenvalue weighted by Gasteiger charge is 2.03. The highest BCUT2D eigenvalue weighted by Crippen LogP contribution is 2.05. The van der Waals surface area contributed by atoms with Crippen LogP contribution >= 0.6 is 0 Å². The average molecular weight is 275 g/mol. The van der Waals surface area contributed by atoms with Gasteiger partial charge in [0.05, 0.1) is 6.08 Å². The molecule has 1 heterocycles. The number of benzene rings is 1. The highest BCUT2D eigenvalue weighted by molar-refractivity contribution is 6.05. The number of aromatic nitrogens is 1. The number of halogens is 1. The van der Waals surface area contributed by atoms with Crippen LogP contribution in [0.2, 0.25) is 0 Å². The molecule has 0 atom stereocenters. The molecule has 19 heavy (non-hydrogen) atoms. The molecule has 98 valence electrons. The average Bonchev–Trinajstić information content (AvgIpc) is 2.38. The number of anilines is 1. The molecule has 0 spiro atoms. The van der Waals surface area contributed by atoms with Crippen molar-refractivity contribution in [3.8, 4) is 0 Å². The molecule has 1 aromatic carbocycles.